The van der Waals surface area contributed by atoms with Crippen molar-refractivity contribution in [2.24, 2.45) is 16.8 Å². The van der Waals surface area contributed by atoms with Gasteiger partial charge in [-0.25, -0.2) is 0 Å². The number of oxime groups is 1. The van der Waals surface area contributed by atoms with Crippen LogP contribution in [-0.4, -0.2) is 28.0 Å². The lowest BCUT2D eigenvalue weighted by Gasteiger charge is -2.20. The molecular weight excluding hydrogens is 236 g/mol. The first kappa shape index (κ1) is 13.8. The summed E-state index contributed by atoms with van der Waals surface area (Å²) >= 11 is 0. The van der Waals surface area contributed by atoms with Crippen LogP contribution in [0.4, 0.5) is 0 Å². The van der Waals surface area contributed by atoms with E-state index in [9.17, 15) is 9.59 Å². The third-order valence-electron chi connectivity index (χ3n) is 2.42. The Morgan fingerprint density at radius 3 is 2.72 bits per heavy atom. The molecule has 0 aliphatic heterocycles. The highest BCUT2D eigenvalue weighted by molar-refractivity contribution is 5.98. The average Bonchev–Trinajstić information content (AvgIpc) is 2.34. The molecule has 0 saturated heterocycles. The number of nitrogens with two attached hydrogens (primary N) is 1. The van der Waals surface area contributed by atoms with Gasteiger partial charge in [-0.3, -0.25) is 9.59 Å². The molecule has 0 spiro atoms. The van der Waals surface area contributed by atoms with Crippen molar-refractivity contribution in [3.63, 3.8) is 0 Å². The molecule has 1 unspecified atom stereocenters. The number of H-pyrrole nitrogens is 1. The van der Waals surface area contributed by atoms with Gasteiger partial charge in [0.15, 0.2) is 5.84 Å². The van der Waals surface area contributed by atoms with E-state index in [1.54, 1.807) is 0 Å². The minimum atomic E-state index is -0.596. The minimum absolute atomic E-state index is 0.0492. The van der Waals surface area contributed by atoms with Crippen LogP contribution in [0.3, 0.4) is 0 Å². The molecule has 0 aliphatic carbocycles. The van der Waals surface area contributed by atoms with E-state index in [1.165, 1.54) is 18.3 Å². The van der Waals surface area contributed by atoms with E-state index in [0.29, 0.717) is 0 Å². The van der Waals surface area contributed by atoms with Gasteiger partial charge in [0.2, 0.25) is 5.56 Å². The lowest BCUT2D eigenvalue weighted by atomic mass is 10.0. The lowest BCUT2D eigenvalue weighted by molar-refractivity contribution is 0.0938. The van der Waals surface area contributed by atoms with Crippen molar-refractivity contribution in [1.29, 1.82) is 0 Å². The second kappa shape index (κ2) is 5.85. The number of carbonyl (C=O) groups excluding carboxylic acids is 1. The van der Waals surface area contributed by atoms with E-state index in [2.05, 4.69) is 15.5 Å². The van der Waals surface area contributed by atoms with E-state index in [-0.39, 0.29) is 22.9 Å². The van der Waals surface area contributed by atoms with E-state index in [4.69, 9.17) is 10.9 Å². The first-order valence-corrected chi connectivity index (χ1v) is 5.42. The number of nitrogens with one attached hydrogen (secondary N) is 2. The highest BCUT2D eigenvalue weighted by Crippen LogP contribution is 2.03. The van der Waals surface area contributed by atoms with Crippen molar-refractivity contribution < 1.29 is 10.0 Å². The number of hydrogen-bond acceptors (Lipinski definition) is 4. The fourth-order valence-electron chi connectivity index (χ4n) is 1.45. The maximum absolute atomic E-state index is 11.9. The average molecular weight is 252 g/mol. The van der Waals surface area contributed by atoms with Crippen LogP contribution in [0.15, 0.2) is 28.3 Å². The summed E-state index contributed by atoms with van der Waals surface area (Å²) < 4.78 is 0. The van der Waals surface area contributed by atoms with Crippen molar-refractivity contribution in [2.75, 3.05) is 0 Å². The Bertz CT molecular complexity index is 507. The van der Waals surface area contributed by atoms with Crippen LogP contribution in [0, 0.1) is 5.92 Å². The smallest absolute Gasteiger partial charge is 0.252 e. The molecule has 0 aliphatic rings. The lowest BCUT2D eigenvalue weighted by Crippen LogP contribution is -2.48. The van der Waals surface area contributed by atoms with Crippen LogP contribution in [0.2, 0.25) is 0 Å². The monoisotopic (exact) mass is 252 g/mol. The topological polar surface area (TPSA) is 121 Å². The van der Waals surface area contributed by atoms with Crippen molar-refractivity contribution in [3.8, 4) is 0 Å². The molecule has 1 atom stereocenters. The Kier molecular flexibility index (Phi) is 4.47. The second-order valence-electron chi connectivity index (χ2n) is 4.16. The predicted molar refractivity (Wildman–Crippen MR) is 66.6 cm³/mol. The van der Waals surface area contributed by atoms with E-state index >= 15 is 0 Å². The first-order chi connectivity index (χ1) is 8.45. The summed E-state index contributed by atoms with van der Waals surface area (Å²) in [5.41, 5.74) is 5.34. The van der Waals surface area contributed by atoms with Crippen molar-refractivity contribution >= 4 is 11.7 Å². The van der Waals surface area contributed by atoms with Crippen LogP contribution in [-0.2, 0) is 0 Å². The van der Waals surface area contributed by atoms with Crippen molar-refractivity contribution in [1.82, 2.24) is 10.3 Å². The standard InChI is InChI=1S/C11H16N4O3/c1-6(2)9(10(12)15-18)14-11(17)7-3-4-13-8(16)5-7/h3-6,9,18H,1-2H3,(H2,12,15)(H,13,16)(H,14,17). The zero-order chi connectivity index (χ0) is 13.7. The number of carbonyl (C=O) groups is 1. The molecule has 0 aromatic carbocycles. The molecule has 7 nitrogen and oxygen atoms in total. The Hall–Kier alpha value is -2.31. The second-order valence-corrected chi connectivity index (χ2v) is 4.16. The Morgan fingerprint density at radius 2 is 2.22 bits per heavy atom. The summed E-state index contributed by atoms with van der Waals surface area (Å²) in [6.45, 7) is 3.64. The van der Waals surface area contributed by atoms with Gasteiger partial charge < -0.3 is 21.2 Å². The van der Waals surface area contributed by atoms with Crippen molar-refractivity contribution in [2.45, 2.75) is 19.9 Å². The SMILES string of the molecule is CC(C)C(NC(=O)c1cc[nH]c(=O)c1)/C(N)=N/O. The van der Waals surface area contributed by atoms with Gasteiger partial charge in [-0.15, -0.1) is 0 Å². The van der Waals surface area contributed by atoms with Gasteiger partial charge in [0.05, 0.1) is 6.04 Å². The zero-order valence-electron chi connectivity index (χ0n) is 10.2. The fraction of sp³-hybridized carbons (Fsp3) is 0.364. The van der Waals surface area contributed by atoms with Gasteiger partial charge in [-0.2, -0.15) is 0 Å². The highest BCUT2D eigenvalue weighted by Gasteiger charge is 2.21. The number of amides is 1. The number of pyridine rings is 1. The molecule has 1 amide bonds. The number of nitrogens with zero attached hydrogens (tertiary/aromatic N) is 1. The Morgan fingerprint density at radius 1 is 1.56 bits per heavy atom. The largest absolute Gasteiger partial charge is 0.409 e. The molecule has 98 valence electrons. The summed E-state index contributed by atoms with van der Waals surface area (Å²) in [7, 11) is 0. The molecule has 1 aromatic rings. The molecular formula is C11H16N4O3. The molecule has 18 heavy (non-hydrogen) atoms. The predicted octanol–water partition coefficient (Wildman–Crippen LogP) is -0.124. The van der Waals surface area contributed by atoms with E-state index in [1.807, 2.05) is 13.8 Å². The quantitative estimate of drug-likeness (QED) is 0.258. The van der Waals surface area contributed by atoms with Crippen molar-refractivity contribution in [3.05, 3.63) is 34.2 Å². The Balaban J connectivity index is 2.89. The number of hydrogen-bond donors (Lipinski definition) is 4. The van der Waals surface area contributed by atoms with E-state index < -0.39 is 11.9 Å². The van der Waals surface area contributed by atoms with Crippen LogP contribution < -0.4 is 16.6 Å². The van der Waals surface area contributed by atoms with Gasteiger partial charge in [-0.05, 0) is 12.0 Å². The summed E-state index contributed by atoms with van der Waals surface area (Å²) in [6, 6.07) is 2.06. The van der Waals surface area contributed by atoms with Crippen LogP contribution in [0.5, 0.6) is 0 Å². The molecule has 7 heteroatoms. The molecule has 0 fully saturated rings. The summed E-state index contributed by atoms with van der Waals surface area (Å²) in [6.07, 6.45) is 1.38. The van der Waals surface area contributed by atoms with Crippen LogP contribution in [0.1, 0.15) is 24.2 Å². The first-order valence-electron chi connectivity index (χ1n) is 5.42. The van der Waals surface area contributed by atoms with Gasteiger partial charge in [0.1, 0.15) is 0 Å². The molecule has 5 N–H and O–H groups in total. The molecule has 0 saturated carbocycles. The Labute approximate surface area is 104 Å². The summed E-state index contributed by atoms with van der Waals surface area (Å²) in [4.78, 5) is 25.4. The maximum atomic E-state index is 11.9. The molecule has 0 bridgehead atoms. The molecule has 1 aromatic heterocycles. The zero-order valence-corrected chi connectivity index (χ0v) is 10.2. The number of amidine groups is 1. The molecule has 1 heterocycles. The minimum Gasteiger partial charge on any atom is -0.409 e. The maximum Gasteiger partial charge on any atom is 0.252 e. The third-order valence-corrected chi connectivity index (χ3v) is 2.42. The molecule has 0 radical (unpaired) electrons. The number of rotatable bonds is 4. The number of aromatic amines is 1. The normalized spacial score (nSPS) is 13.4. The van der Waals surface area contributed by atoms with Gasteiger partial charge in [0.25, 0.3) is 5.91 Å². The van der Waals surface area contributed by atoms with E-state index in [0.717, 1.165) is 0 Å². The van der Waals surface area contributed by atoms with Crippen LogP contribution >= 0.6 is 0 Å². The third kappa shape index (κ3) is 3.34. The van der Waals surface area contributed by atoms with Gasteiger partial charge >= 0.3 is 0 Å². The fourth-order valence-corrected chi connectivity index (χ4v) is 1.45. The summed E-state index contributed by atoms with van der Waals surface area (Å²) in [5, 5.41) is 14.1. The van der Waals surface area contributed by atoms with Gasteiger partial charge in [-0.1, -0.05) is 19.0 Å². The van der Waals surface area contributed by atoms with Crippen LogP contribution in [0.25, 0.3) is 0 Å². The number of aromatic nitrogens is 1. The highest BCUT2D eigenvalue weighted by atomic mass is 16.4. The van der Waals surface area contributed by atoms with Gasteiger partial charge in [0, 0.05) is 17.8 Å². The summed E-state index contributed by atoms with van der Waals surface area (Å²) in [5.74, 6) is -0.582. The molecule has 1 rings (SSSR count).